The molecule has 1 rings (SSSR count). The fourth-order valence-corrected chi connectivity index (χ4v) is 2.59. The first-order valence-electron chi connectivity index (χ1n) is 7.91. The monoisotopic (exact) mass is 332 g/mol. The van der Waals surface area contributed by atoms with Gasteiger partial charge in [0.15, 0.2) is 0 Å². The molecule has 0 aromatic rings. The maximum absolute atomic E-state index is 11.0. The van der Waals surface area contributed by atoms with Crippen LogP contribution in [0.4, 0.5) is 0 Å². The van der Waals surface area contributed by atoms with Crippen molar-refractivity contribution in [2.45, 2.75) is 76.8 Å². The van der Waals surface area contributed by atoms with Crippen LogP contribution in [0, 0.1) is 0 Å². The first kappa shape index (κ1) is 19.9. The topological polar surface area (TPSA) is 102 Å². The number of rotatable bonds is 6. The van der Waals surface area contributed by atoms with Crippen LogP contribution in [0.1, 0.15) is 53.4 Å². The molecule has 4 atom stereocenters. The summed E-state index contributed by atoms with van der Waals surface area (Å²) >= 11 is 0. The average Bonchev–Trinajstić information content (AvgIpc) is 2.70. The lowest BCUT2D eigenvalue weighted by atomic mass is 9.96. The molecule has 0 aromatic heterocycles. The quantitative estimate of drug-likeness (QED) is 0.698. The molecule has 23 heavy (non-hydrogen) atoms. The number of ether oxygens (including phenoxy) is 3. The second-order valence-corrected chi connectivity index (χ2v) is 6.67. The van der Waals surface area contributed by atoms with E-state index >= 15 is 0 Å². The standard InChI is InChI=1S/C16H28O7/c1-11(17)21-9-15(3,19)13-7-5-6-8-14(23-13)16(4,20)10-22-12(2)18/h13-14,19-20H,5-10H2,1-4H3/t13-,14-,15-,16-/m1/s1. The molecular formula is C16H28O7. The van der Waals surface area contributed by atoms with Gasteiger partial charge in [-0.1, -0.05) is 12.8 Å². The highest BCUT2D eigenvalue weighted by atomic mass is 16.6. The SMILES string of the molecule is CC(=O)OC[C@@](C)(O)[C@H]1CCCC[C@H]([C@](C)(O)COC(C)=O)O1. The van der Waals surface area contributed by atoms with E-state index in [-0.39, 0.29) is 13.2 Å². The van der Waals surface area contributed by atoms with Gasteiger partial charge in [-0.05, 0) is 26.7 Å². The first-order chi connectivity index (χ1) is 10.5. The molecule has 134 valence electrons. The van der Waals surface area contributed by atoms with Gasteiger partial charge in [0.2, 0.25) is 0 Å². The smallest absolute Gasteiger partial charge is 0.302 e. The Morgan fingerprint density at radius 3 is 1.61 bits per heavy atom. The summed E-state index contributed by atoms with van der Waals surface area (Å²) in [6.07, 6.45) is 1.65. The van der Waals surface area contributed by atoms with Crippen molar-refractivity contribution in [3.8, 4) is 0 Å². The van der Waals surface area contributed by atoms with E-state index in [2.05, 4.69) is 0 Å². The van der Waals surface area contributed by atoms with Crippen LogP contribution < -0.4 is 0 Å². The second kappa shape index (κ2) is 8.08. The molecule has 1 heterocycles. The first-order valence-corrected chi connectivity index (χ1v) is 7.91. The molecule has 0 unspecified atom stereocenters. The zero-order valence-corrected chi connectivity index (χ0v) is 14.3. The minimum absolute atomic E-state index is 0.175. The summed E-state index contributed by atoms with van der Waals surface area (Å²) in [6.45, 7) is 5.29. The minimum Gasteiger partial charge on any atom is -0.463 e. The zero-order valence-electron chi connectivity index (χ0n) is 14.3. The van der Waals surface area contributed by atoms with Crippen LogP contribution in [-0.4, -0.2) is 58.8 Å². The van der Waals surface area contributed by atoms with E-state index in [1.54, 1.807) is 13.8 Å². The van der Waals surface area contributed by atoms with Gasteiger partial charge in [-0.15, -0.1) is 0 Å². The third-order valence-corrected chi connectivity index (χ3v) is 4.03. The molecule has 2 N–H and O–H groups in total. The van der Waals surface area contributed by atoms with Crippen LogP contribution in [0.5, 0.6) is 0 Å². The molecule has 0 saturated carbocycles. The van der Waals surface area contributed by atoms with Gasteiger partial charge >= 0.3 is 11.9 Å². The van der Waals surface area contributed by atoms with E-state index in [0.29, 0.717) is 12.8 Å². The van der Waals surface area contributed by atoms with Gasteiger partial charge in [-0.25, -0.2) is 0 Å². The van der Waals surface area contributed by atoms with E-state index < -0.39 is 35.3 Å². The molecule has 7 nitrogen and oxygen atoms in total. The number of carbonyl (C=O) groups excluding carboxylic acids is 2. The van der Waals surface area contributed by atoms with Crippen LogP contribution in [-0.2, 0) is 23.8 Å². The summed E-state index contributed by atoms with van der Waals surface area (Å²) in [7, 11) is 0. The second-order valence-electron chi connectivity index (χ2n) is 6.67. The third-order valence-electron chi connectivity index (χ3n) is 4.03. The van der Waals surface area contributed by atoms with Gasteiger partial charge < -0.3 is 24.4 Å². The van der Waals surface area contributed by atoms with Crippen molar-refractivity contribution in [1.82, 2.24) is 0 Å². The molecule has 7 heteroatoms. The van der Waals surface area contributed by atoms with Gasteiger partial charge in [-0.2, -0.15) is 0 Å². The van der Waals surface area contributed by atoms with Crippen LogP contribution in [0.3, 0.4) is 0 Å². The molecule has 0 bridgehead atoms. The van der Waals surface area contributed by atoms with E-state index in [9.17, 15) is 19.8 Å². The van der Waals surface area contributed by atoms with Gasteiger partial charge in [0.1, 0.15) is 24.4 Å². The summed E-state index contributed by atoms with van der Waals surface area (Å²) in [5, 5.41) is 21.1. The molecule has 0 spiro atoms. The fraction of sp³-hybridized carbons (Fsp3) is 0.875. The van der Waals surface area contributed by atoms with Gasteiger partial charge in [-0.3, -0.25) is 9.59 Å². The predicted molar refractivity (Wildman–Crippen MR) is 81.6 cm³/mol. The van der Waals surface area contributed by atoms with Crippen LogP contribution >= 0.6 is 0 Å². The number of carbonyl (C=O) groups is 2. The zero-order chi connectivity index (χ0) is 17.7. The molecular weight excluding hydrogens is 304 g/mol. The van der Waals surface area contributed by atoms with Crippen LogP contribution in [0.15, 0.2) is 0 Å². The number of aliphatic hydroxyl groups is 2. The minimum atomic E-state index is -1.36. The lowest BCUT2D eigenvalue weighted by molar-refractivity contribution is -0.201. The number of esters is 2. The van der Waals surface area contributed by atoms with Crippen molar-refractivity contribution in [2.24, 2.45) is 0 Å². The van der Waals surface area contributed by atoms with E-state index in [0.717, 1.165) is 12.8 Å². The van der Waals surface area contributed by atoms with Crippen LogP contribution in [0.2, 0.25) is 0 Å². The Bertz CT molecular complexity index is 379. The normalized spacial score (nSPS) is 27.2. The third kappa shape index (κ3) is 6.45. The maximum Gasteiger partial charge on any atom is 0.302 e. The maximum atomic E-state index is 11.0. The summed E-state index contributed by atoms with van der Waals surface area (Å²) in [5.41, 5.74) is -2.71. The average molecular weight is 332 g/mol. The van der Waals surface area contributed by atoms with E-state index in [1.165, 1.54) is 13.8 Å². The Morgan fingerprint density at radius 2 is 1.30 bits per heavy atom. The van der Waals surface area contributed by atoms with Gasteiger partial charge in [0.25, 0.3) is 0 Å². The molecule has 1 aliphatic rings. The van der Waals surface area contributed by atoms with Crippen molar-refractivity contribution in [2.75, 3.05) is 13.2 Å². The number of hydrogen-bond acceptors (Lipinski definition) is 7. The Kier molecular flexibility index (Phi) is 6.98. The lowest BCUT2D eigenvalue weighted by Crippen LogP contribution is -2.52. The largest absolute Gasteiger partial charge is 0.463 e. The Balaban J connectivity index is 2.76. The molecule has 1 aliphatic heterocycles. The highest BCUT2D eigenvalue weighted by Gasteiger charge is 2.42. The Hall–Kier alpha value is -1.18. The van der Waals surface area contributed by atoms with Crippen molar-refractivity contribution in [3.05, 3.63) is 0 Å². The fourth-order valence-electron chi connectivity index (χ4n) is 2.59. The molecule has 0 aromatic carbocycles. The van der Waals surface area contributed by atoms with E-state index in [4.69, 9.17) is 14.2 Å². The van der Waals surface area contributed by atoms with Crippen LogP contribution in [0.25, 0.3) is 0 Å². The van der Waals surface area contributed by atoms with Crippen molar-refractivity contribution < 1.29 is 34.0 Å². The lowest BCUT2D eigenvalue weighted by Gasteiger charge is -2.38. The van der Waals surface area contributed by atoms with Gasteiger partial charge in [0.05, 0.1) is 12.2 Å². The highest BCUT2D eigenvalue weighted by Crippen LogP contribution is 2.31. The summed E-state index contributed by atoms with van der Waals surface area (Å²) < 4.78 is 15.7. The van der Waals surface area contributed by atoms with Crippen molar-refractivity contribution in [3.63, 3.8) is 0 Å². The van der Waals surface area contributed by atoms with E-state index in [1.807, 2.05) is 0 Å². The van der Waals surface area contributed by atoms with Crippen molar-refractivity contribution >= 4 is 11.9 Å². The Labute approximate surface area is 136 Å². The number of hydrogen-bond donors (Lipinski definition) is 2. The highest BCUT2D eigenvalue weighted by molar-refractivity contribution is 5.66. The Morgan fingerprint density at radius 1 is 0.957 bits per heavy atom. The summed E-state index contributed by atoms with van der Waals surface area (Å²) in [4.78, 5) is 21.9. The molecule has 0 radical (unpaired) electrons. The molecule has 1 fully saturated rings. The molecule has 0 aliphatic carbocycles. The molecule has 0 amide bonds. The molecule has 1 saturated heterocycles. The van der Waals surface area contributed by atoms with Gasteiger partial charge in [0, 0.05) is 13.8 Å². The summed E-state index contributed by atoms with van der Waals surface area (Å²) in [5.74, 6) is -0.949. The van der Waals surface area contributed by atoms with Crippen molar-refractivity contribution in [1.29, 1.82) is 0 Å². The summed E-state index contributed by atoms with van der Waals surface area (Å²) in [6, 6.07) is 0. The predicted octanol–water partition coefficient (Wildman–Crippen LogP) is 0.942.